The second-order valence-electron chi connectivity index (χ2n) is 7.38. The van der Waals surface area contributed by atoms with Crippen molar-refractivity contribution in [2.45, 2.75) is 51.2 Å². The third-order valence-corrected chi connectivity index (χ3v) is 5.34. The molecule has 1 aromatic rings. The summed E-state index contributed by atoms with van der Waals surface area (Å²) in [5.74, 6) is -0.0344. The van der Waals surface area contributed by atoms with Crippen molar-refractivity contribution in [1.29, 1.82) is 0 Å². The first kappa shape index (κ1) is 19.2. The Morgan fingerprint density at radius 3 is 2.67 bits per heavy atom. The van der Waals surface area contributed by atoms with Gasteiger partial charge in [-0.3, -0.25) is 14.4 Å². The number of hydrogen-bond acceptors (Lipinski definition) is 5. The van der Waals surface area contributed by atoms with Gasteiger partial charge in [0.1, 0.15) is 5.75 Å². The summed E-state index contributed by atoms with van der Waals surface area (Å²) < 4.78 is 10.7. The van der Waals surface area contributed by atoms with E-state index in [1.807, 2.05) is 0 Å². The molecule has 3 rings (SSSR count). The second-order valence-corrected chi connectivity index (χ2v) is 7.38. The molecule has 0 radical (unpaired) electrons. The van der Waals surface area contributed by atoms with Gasteiger partial charge in [-0.15, -0.1) is 0 Å². The van der Waals surface area contributed by atoms with Crippen LogP contribution in [0.1, 0.15) is 39.0 Å². The van der Waals surface area contributed by atoms with Crippen LogP contribution in [-0.4, -0.2) is 48.5 Å². The molecule has 1 fully saturated rings. The highest BCUT2D eigenvalue weighted by molar-refractivity contribution is 5.99. The molecule has 0 aromatic heterocycles. The molecule has 2 amide bonds. The van der Waals surface area contributed by atoms with E-state index in [-0.39, 0.29) is 25.0 Å². The molecule has 1 N–H and O–H groups in total. The zero-order chi connectivity index (χ0) is 19.4. The standard InChI is InChI=1S/C20H26N2O5/c1-13-7-9-14(10-8-13)22(2)18(23)12-26-19(24)11-17-20(25)21-15-5-3-4-6-16(15)27-17/h3-6,13-14,17H,7-12H2,1-2H3,(H,21,25)/t13?,14?,17-/m0/s1. The van der Waals surface area contributed by atoms with E-state index in [2.05, 4.69) is 12.2 Å². The zero-order valence-electron chi connectivity index (χ0n) is 15.8. The Labute approximate surface area is 159 Å². The van der Waals surface area contributed by atoms with Gasteiger partial charge >= 0.3 is 5.97 Å². The fourth-order valence-corrected chi connectivity index (χ4v) is 3.51. The van der Waals surface area contributed by atoms with Gasteiger partial charge in [-0.1, -0.05) is 19.1 Å². The van der Waals surface area contributed by atoms with Crippen molar-refractivity contribution in [2.24, 2.45) is 5.92 Å². The first-order chi connectivity index (χ1) is 12.9. The fraction of sp³-hybridized carbons (Fsp3) is 0.550. The molecular weight excluding hydrogens is 348 g/mol. The lowest BCUT2D eigenvalue weighted by Crippen LogP contribution is -2.42. The molecule has 1 saturated carbocycles. The number of esters is 1. The minimum atomic E-state index is -0.958. The number of carbonyl (C=O) groups excluding carboxylic acids is 3. The average Bonchev–Trinajstić information content (AvgIpc) is 2.66. The lowest BCUT2D eigenvalue weighted by Gasteiger charge is -2.33. The Hall–Kier alpha value is -2.57. The number of carbonyl (C=O) groups is 3. The summed E-state index contributed by atoms with van der Waals surface area (Å²) in [7, 11) is 1.76. The van der Waals surface area contributed by atoms with Crippen molar-refractivity contribution < 1.29 is 23.9 Å². The number of amides is 2. The summed E-state index contributed by atoms with van der Waals surface area (Å²) in [6.45, 7) is 1.91. The smallest absolute Gasteiger partial charge is 0.310 e. The van der Waals surface area contributed by atoms with E-state index in [9.17, 15) is 14.4 Å². The molecule has 1 atom stereocenters. The maximum atomic E-state index is 12.3. The Morgan fingerprint density at radius 2 is 1.93 bits per heavy atom. The first-order valence-corrected chi connectivity index (χ1v) is 9.42. The van der Waals surface area contributed by atoms with E-state index in [4.69, 9.17) is 9.47 Å². The Balaban J connectivity index is 1.45. The molecule has 2 aliphatic rings. The summed E-state index contributed by atoms with van der Waals surface area (Å²) in [4.78, 5) is 38.1. The number of hydrogen-bond donors (Lipinski definition) is 1. The Bertz CT molecular complexity index is 712. The van der Waals surface area contributed by atoms with Gasteiger partial charge in [0.2, 0.25) is 0 Å². The van der Waals surface area contributed by atoms with Crippen LogP contribution in [0.25, 0.3) is 0 Å². The topological polar surface area (TPSA) is 84.9 Å². The highest BCUT2D eigenvalue weighted by atomic mass is 16.5. The fourth-order valence-electron chi connectivity index (χ4n) is 3.51. The number of nitrogens with one attached hydrogen (secondary N) is 1. The van der Waals surface area contributed by atoms with Crippen LogP contribution in [0.2, 0.25) is 0 Å². The molecule has 0 bridgehead atoms. The Kier molecular flexibility index (Phi) is 5.98. The van der Waals surface area contributed by atoms with Crippen LogP contribution in [-0.2, 0) is 19.1 Å². The van der Waals surface area contributed by atoms with Gasteiger partial charge in [-0.25, -0.2) is 0 Å². The predicted molar refractivity (Wildman–Crippen MR) is 99.3 cm³/mol. The monoisotopic (exact) mass is 374 g/mol. The minimum Gasteiger partial charge on any atom is -0.478 e. The molecule has 1 heterocycles. The zero-order valence-corrected chi connectivity index (χ0v) is 15.8. The summed E-state index contributed by atoms with van der Waals surface area (Å²) >= 11 is 0. The average molecular weight is 374 g/mol. The van der Waals surface area contributed by atoms with Gasteiger partial charge in [-0.2, -0.15) is 0 Å². The third kappa shape index (κ3) is 4.78. The lowest BCUT2D eigenvalue weighted by atomic mass is 9.87. The number of fused-ring (bicyclic) bond motifs is 1. The summed E-state index contributed by atoms with van der Waals surface area (Å²) in [6, 6.07) is 7.22. The quantitative estimate of drug-likeness (QED) is 0.800. The number of nitrogens with zero attached hydrogens (tertiary/aromatic N) is 1. The first-order valence-electron chi connectivity index (χ1n) is 9.42. The van der Waals surface area contributed by atoms with Crippen LogP contribution in [0.3, 0.4) is 0 Å². The molecule has 1 aliphatic heterocycles. The van der Waals surface area contributed by atoms with Crippen LogP contribution in [0, 0.1) is 5.92 Å². The summed E-state index contributed by atoms with van der Waals surface area (Å²) in [5, 5.41) is 2.70. The molecule has 7 nitrogen and oxygen atoms in total. The highest BCUT2D eigenvalue weighted by Gasteiger charge is 2.31. The number of likely N-dealkylation sites (N-methyl/N-ethyl adjacent to an activating group) is 1. The van der Waals surface area contributed by atoms with Gasteiger partial charge in [0.25, 0.3) is 11.8 Å². The summed E-state index contributed by atoms with van der Waals surface area (Å²) in [5.41, 5.74) is 0.575. The molecule has 0 spiro atoms. The van der Waals surface area contributed by atoms with Gasteiger partial charge in [-0.05, 0) is 43.7 Å². The molecule has 146 valence electrons. The van der Waals surface area contributed by atoms with Crippen molar-refractivity contribution in [3.63, 3.8) is 0 Å². The molecular formula is C20H26N2O5. The normalized spacial score (nSPS) is 24.2. The van der Waals surface area contributed by atoms with Crippen molar-refractivity contribution in [1.82, 2.24) is 4.90 Å². The molecule has 0 saturated heterocycles. The van der Waals surface area contributed by atoms with Crippen LogP contribution < -0.4 is 10.1 Å². The number of ether oxygens (including phenoxy) is 2. The molecule has 0 unspecified atom stereocenters. The van der Waals surface area contributed by atoms with Gasteiger partial charge < -0.3 is 19.7 Å². The van der Waals surface area contributed by atoms with Crippen LogP contribution >= 0.6 is 0 Å². The Morgan fingerprint density at radius 1 is 1.22 bits per heavy atom. The van der Waals surface area contributed by atoms with E-state index < -0.39 is 18.0 Å². The minimum absolute atomic E-state index is 0.205. The van der Waals surface area contributed by atoms with E-state index in [0.29, 0.717) is 17.4 Å². The lowest BCUT2D eigenvalue weighted by molar-refractivity contribution is -0.154. The van der Waals surface area contributed by atoms with Gasteiger partial charge in [0.15, 0.2) is 12.7 Å². The predicted octanol–water partition coefficient (Wildman–Crippen LogP) is 2.36. The largest absolute Gasteiger partial charge is 0.478 e. The molecule has 1 aliphatic carbocycles. The maximum Gasteiger partial charge on any atom is 0.310 e. The van der Waals surface area contributed by atoms with Crippen LogP contribution in [0.4, 0.5) is 5.69 Å². The molecule has 27 heavy (non-hydrogen) atoms. The number of benzene rings is 1. The van der Waals surface area contributed by atoms with Crippen molar-refractivity contribution in [3.05, 3.63) is 24.3 Å². The van der Waals surface area contributed by atoms with Gasteiger partial charge in [0, 0.05) is 13.1 Å². The number of anilines is 1. The van der Waals surface area contributed by atoms with Crippen molar-refractivity contribution >= 4 is 23.5 Å². The second kappa shape index (κ2) is 8.41. The summed E-state index contributed by atoms with van der Waals surface area (Å²) in [6.07, 6.45) is 2.98. The number of rotatable bonds is 5. The van der Waals surface area contributed by atoms with Crippen LogP contribution in [0.15, 0.2) is 24.3 Å². The SMILES string of the molecule is CC1CCC(N(C)C(=O)COC(=O)C[C@@H]2Oc3ccccc3NC2=O)CC1. The molecule has 7 heteroatoms. The van der Waals surface area contributed by atoms with E-state index >= 15 is 0 Å². The highest BCUT2D eigenvalue weighted by Crippen LogP contribution is 2.30. The number of para-hydroxylation sites is 2. The van der Waals surface area contributed by atoms with E-state index in [1.54, 1.807) is 36.2 Å². The van der Waals surface area contributed by atoms with Crippen LogP contribution in [0.5, 0.6) is 5.75 Å². The molecule has 1 aromatic carbocycles. The third-order valence-electron chi connectivity index (χ3n) is 5.34. The van der Waals surface area contributed by atoms with Crippen molar-refractivity contribution in [3.8, 4) is 5.75 Å². The maximum absolute atomic E-state index is 12.3. The van der Waals surface area contributed by atoms with E-state index in [0.717, 1.165) is 25.7 Å². The van der Waals surface area contributed by atoms with E-state index in [1.165, 1.54) is 0 Å². The van der Waals surface area contributed by atoms with Crippen molar-refractivity contribution in [2.75, 3.05) is 19.0 Å². The van der Waals surface area contributed by atoms with Gasteiger partial charge in [0.05, 0.1) is 12.1 Å².